The van der Waals surface area contributed by atoms with Gasteiger partial charge in [-0.25, -0.2) is 0 Å². The maximum atomic E-state index is 6.17. The third-order valence-corrected chi connectivity index (χ3v) is 4.11. The Morgan fingerprint density at radius 2 is 1.95 bits per heavy atom. The molecule has 0 heterocycles. The number of rotatable bonds is 8. The highest BCUT2D eigenvalue weighted by Crippen LogP contribution is 2.29. The smallest absolute Gasteiger partial charge is 0.161 e. The molecule has 1 fully saturated rings. The summed E-state index contributed by atoms with van der Waals surface area (Å²) in [6, 6.07) is 0. The lowest BCUT2D eigenvalue weighted by Crippen LogP contribution is -2.10. The molecule has 0 radical (unpaired) electrons. The zero-order chi connectivity index (χ0) is 14.9. The molecule has 2 rings (SSSR count). The van der Waals surface area contributed by atoms with E-state index in [1.165, 1.54) is 31.3 Å². The quantitative estimate of drug-likeness (QED) is 0.681. The zero-order valence-electron chi connectivity index (χ0n) is 13.3. The van der Waals surface area contributed by atoms with E-state index in [9.17, 15) is 0 Å². The first-order chi connectivity index (χ1) is 10.3. The number of nitrogens with two attached hydrogens (primary N) is 1. The lowest BCUT2D eigenvalue weighted by molar-refractivity contribution is 0.0988. The molecule has 0 unspecified atom stereocenters. The molecule has 2 N–H and O–H groups in total. The number of unbranched alkanes of at least 4 members (excludes halogenated alkanes) is 1. The molecular weight excluding hydrogens is 262 g/mol. The second-order valence-corrected chi connectivity index (χ2v) is 5.83. The van der Waals surface area contributed by atoms with Crippen LogP contribution in [-0.4, -0.2) is 19.3 Å². The lowest BCUT2D eigenvalue weighted by Gasteiger charge is -2.18. The Labute approximate surface area is 128 Å². The predicted octanol–water partition coefficient (Wildman–Crippen LogP) is 4.21. The first-order valence-electron chi connectivity index (χ1n) is 8.43. The van der Waals surface area contributed by atoms with E-state index in [0.717, 1.165) is 43.7 Å². The molecule has 3 heteroatoms. The first kappa shape index (κ1) is 16.2. The van der Waals surface area contributed by atoms with Crippen LogP contribution in [0.1, 0.15) is 58.3 Å². The topological polar surface area (TPSA) is 44.5 Å². The minimum absolute atomic E-state index is 0.368. The first-order valence-corrected chi connectivity index (χ1v) is 8.43. The standard InChI is InChI=1S/C18H29NO2/c1-2-20-17-12-10-15(7-5-6-14-19)11-13-18(17)21-16-8-3-4-9-16/h11-13,16H,2-10,14,19H2,1H3. The van der Waals surface area contributed by atoms with Crippen LogP contribution in [0.15, 0.2) is 35.3 Å². The summed E-state index contributed by atoms with van der Waals surface area (Å²) in [6.45, 7) is 3.48. The van der Waals surface area contributed by atoms with Gasteiger partial charge < -0.3 is 15.2 Å². The normalized spacial score (nSPS) is 19.6. The van der Waals surface area contributed by atoms with Crippen LogP contribution in [0.4, 0.5) is 0 Å². The van der Waals surface area contributed by atoms with Crippen molar-refractivity contribution >= 4 is 0 Å². The van der Waals surface area contributed by atoms with Gasteiger partial charge in [0.2, 0.25) is 0 Å². The van der Waals surface area contributed by atoms with Crippen LogP contribution in [0.2, 0.25) is 0 Å². The fraction of sp³-hybridized carbons (Fsp3) is 0.667. The molecule has 0 aliphatic heterocycles. The highest BCUT2D eigenvalue weighted by molar-refractivity contribution is 5.32. The molecule has 0 amide bonds. The van der Waals surface area contributed by atoms with Gasteiger partial charge in [0.15, 0.2) is 11.5 Å². The van der Waals surface area contributed by atoms with E-state index in [2.05, 4.69) is 18.2 Å². The van der Waals surface area contributed by atoms with E-state index < -0.39 is 0 Å². The molecule has 0 bridgehead atoms. The molecule has 118 valence electrons. The fourth-order valence-electron chi connectivity index (χ4n) is 2.92. The Morgan fingerprint density at radius 3 is 2.67 bits per heavy atom. The predicted molar refractivity (Wildman–Crippen MR) is 86.7 cm³/mol. The van der Waals surface area contributed by atoms with E-state index in [4.69, 9.17) is 15.2 Å². The van der Waals surface area contributed by atoms with Crippen LogP contribution in [-0.2, 0) is 9.47 Å². The second kappa shape index (κ2) is 8.93. The van der Waals surface area contributed by atoms with E-state index >= 15 is 0 Å². The van der Waals surface area contributed by atoms with Crippen molar-refractivity contribution in [1.29, 1.82) is 0 Å². The third kappa shape index (κ3) is 5.24. The summed E-state index contributed by atoms with van der Waals surface area (Å²) in [7, 11) is 0. The summed E-state index contributed by atoms with van der Waals surface area (Å²) in [6.07, 6.45) is 16.1. The van der Waals surface area contributed by atoms with Crippen molar-refractivity contribution in [3.05, 3.63) is 35.3 Å². The van der Waals surface area contributed by atoms with Crippen LogP contribution < -0.4 is 5.73 Å². The summed E-state index contributed by atoms with van der Waals surface area (Å²) in [5.41, 5.74) is 7.00. The Balaban J connectivity index is 2.00. The van der Waals surface area contributed by atoms with Gasteiger partial charge in [0.25, 0.3) is 0 Å². The molecule has 2 aliphatic carbocycles. The van der Waals surface area contributed by atoms with Gasteiger partial charge in [-0.2, -0.15) is 0 Å². The highest BCUT2D eigenvalue weighted by atomic mass is 16.5. The maximum absolute atomic E-state index is 6.17. The van der Waals surface area contributed by atoms with Gasteiger partial charge in [0.05, 0.1) is 12.7 Å². The molecule has 0 saturated heterocycles. The van der Waals surface area contributed by atoms with Gasteiger partial charge in [0.1, 0.15) is 0 Å². The molecule has 0 aromatic carbocycles. The van der Waals surface area contributed by atoms with Crippen molar-refractivity contribution in [3.8, 4) is 0 Å². The average molecular weight is 291 g/mol. The number of allylic oxidation sites excluding steroid dienone is 4. The minimum Gasteiger partial charge on any atom is -0.490 e. The summed E-state index contributed by atoms with van der Waals surface area (Å²) in [5.74, 6) is 1.83. The second-order valence-electron chi connectivity index (χ2n) is 5.83. The van der Waals surface area contributed by atoms with Crippen molar-refractivity contribution in [2.24, 2.45) is 5.73 Å². The third-order valence-electron chi connectivity index (χ3n) is 4.11. The summed E-state index contributed by atoms with van der Waals surface area (Å²) >= 11 is 0. The van der Waals surface area contributed by atoms with Gasteiger partial charge in [0, 0.05) is 0 Å². The van der Waals surface area contributed by atoms with E-state index in [1.807, 2.05) is 6.92 Å². The maximum Gasteiger partial charge on any atom is 0.161 e. The molecule has 0 atom stereocenters. The zero-order valence-corrected chi connectivity index (χ0v) is 13.3. The highest BCUT2D eigenvalue weighted by Gasteiger charge is 2.20. The fourth-order valence-corrected chi connectivity index (χ4v) is 2.92. The van der Waals surface area contributed by atoms with E-state index in [1.54, 1.807) is 0 Å². The van der Waals surface area contributed by atoms with Crippen LogP contribution >= 0.6 is 0 Å². The van der Waals surface area contributed by atoms with E-state index in [0.29, 0.717) is 12.7 Å². The molecule has 1 saturated carbocycles. The molecule has 3 nitrogen and oxygen atoms in total. The Kier molecular flexibility index (Phi) is 6.87. The number of hydrogen-bond donors (Lipinski definition) is 1. The number of ether oxygens (including phenoxy) is 2. The molecule has 0 spiro atoms. The number of hydrogen-bond acceptors (Lipinski definition) is 3. The van der Waals surface area contributed by atoms with Crippen molar-refractivity contribution in [2.75, 3.05) is 13.2 Å². The van der Waals surface area contributed by atoms with Crippen molar-refractivity contribution in [1.82, 2.24) is 0 Å². The van der Waals surface area contributed by atoms with Crippen molar-refractivity contribution in [2.45, 2.75) is 64.4 Å². The van der Waals surface area contributed by atoms with Crippen LogP contribution in [0.3, 0.4) is 0 Å². The van der Waals surface area contributed by atoms with Crippen LogP contribution in [0, 0.1) is 0 Å². The van der Waals surface area contributed by atoms with Crippen molar-refractivity contribution in [3.63, 3.8) is 0 Å². The van der Waals surface area contributed by atoms with Gasteiger partial charge >= 0.3 is 0 Å². The van der Waals surface area contributed by atoms with Gasteiger partial charge in [-0.05, 0) is 77.0 Å². The molecule has 0 aromatic rings. The monoisotopic (exact) mass is 291 g/mol. The van der Waals surface area contributed by atoms with Crippen molar-refractivity contribution < 1.29 is 9.47 Å². The average Bonchev–Trinajstić information content (AvgIpc) is 2.92. The van der Waals surface area contributed by atoms with Gasteiger partial charge in [-0.1, -0.05) is 11.6 Å². The Morgan fingerprint density at radius 1 is 1.14 bits per heavy atom. The molecule has 2 aliphatic rings. The minimum atomic E-state index is 0.368. The van der Waals surface area contributed by atoms with Gasteiger partial charge in [-0.15, -0.1) is 0 Å². The SMILES string of the molecule is CCOC1=CCC(CCCCN)=CC=C1OC1CCCC1. The van der Waals surface area contributed by atoms with Crippen LogP contribution in [0.5, 0.6) is 0 Å². The molecule has 0 aromatic heterocycles. The molecule has 21 heavy (non-hydrogen) atoms. The largest absolute Gasteiger partial charge is 0.490 e. The molecular formula is C18H29NO2. The Hall–Kier alpha value is -1.22. The van der Waals surface area contributed by atoms with E-state index in [-0.39, 0.29) is 0 Å². The Bertz CT molecular complexity index is 403. The van der Waals surface area contributed by atoms with Crippen LogP contribution in [0.25, 0.3) is 0 Å². The summed E-state index contributed by atoms with van der Waals surface area (Å²) in [5, 5.41) is 0. The summed E-state index contributed by atoms with van der Waals surface area (Å²) < 4.78 is 11.9. The summed E-state index contributed by atoms with van der Waals surface area (Å²) in [4.78, 5) is 0. The van der Waals surface area contributed by atoms with Gasteiger partial charge in [-0.3, -0.25) is 0 Å². The lowest BCUT2D eigenvalue weighted by atomic mass is 10.1.